The van der Waals surface area contributed by atoms with Crippen molar-refractivity contribution in [1.29, 1.82) is 0 Å². The Morgan fingerprint density at radius 3 is 2.52 bits per heavy atom. The van der Waals surface area contributed by atoms with Crippen LogP contribution in [0.15, 0.2) is 28.7 Å². The molecule has 1 fully saturated rings. The van der Waals surface area contributed by atoms with Crippen molar-refractivity contribution >= 4 is 21.7 Å². The van der Waals surface area contributed by atoms with Gasteiger partial charge in [0, 0.05) is 28.6 Å². The number of anilines is 1. The van der Waals surface area contributed by atoms with Crippen molar-refractivity contribution in [2.75, 3.05) is 5.73 Å². The standard InChI is InChI=1S/C17H22BrN3/c1-11-7-9-12(10-8-11)16-15(17(19)21(2)20-16)13-5-3-4-6-14(13)18/h3-6,11-12H,7-10,19H2,1-2H3. The SMILES string of the molecule is CC1CCC(c2nn(C)c(N)c2-c2ccccc2Br)CC1. The summed E-state index contributed by atoms with van der Waals surface area (Å²) in [5.74, 6) is 2.14. The highest BCUT2D eigenvalue weighted by molar-refractivity contribution is 9.10. The van der Waals surface area contributed by atoms with Gasteiger partial charge < -0.3 is 5.73 Å². The van der Waals surface area contributed by atoms with E-state index in [1.807, 2.05) is 17.8 Å². The second-order valence-electron chi connectivity index (χ2n) is 6.21. The predicted octanol–water partition coefficient (Wildman–Crippen LogP) is 4.73. The lowest BCUT2D eigenvalue weighted by atomic mass is 9.80. The van der Waals surface area contributed by atoms with E-state index < -0.39 is 0 Å². The van der Waals surface area contributed by atoms with Crippen LogP contribution in [-0.4, -0.2) is 9.78 Å². The molecule has 0 bridgehead atoms. The third-order valence-corrected chi connectivity index (χ3v) is 5.36. The van der Waals surface area contributed by atoms with E-state index in [4.69, 9.17) is 10.8 Å². The van der Waals surface area contributed by atoms with Crippen LogP contribution in [0, 0.1) is 5.92 Å². The highest BCUT2D eigenvalue weighted by atomic mass is 79.9. The zero-order valence-corrected chi connectivity index (χ0v) is 14.2. The lowest BCUT2D eigenvalue weighted by Gasteiger charge is -2.25. The first-order chi connectivity index (χ1) is 10.1. The fraction of sp³-hybridized carbons (Fsp3) is 0.471. The average Bonchev–Trinajstić information content (AvgIpc) is 2.77. The van der Waals surface area contributed by atoms with Crippen LogP contribution >= 0.6 is 15.9 Å². The van der Waals surface area contributed by atoms with E-state index in [0.29, 0.717) is 5.92 Å². The fourth-order valence-electron chi connectivity index (χ4n) is 3.32. The zero-order valence-electron chi connectivity index (χ0n) is 12.6. The fourth-order valence-corrected chi connectivity index (χ4v) is 3.80. The van der Waals surface area contributed by atoms with Gasteiger partial charge in [-0.3, -0.25) is 4.68 Å². The molecule has 21 heavy (non-hydrogen) atoms. The van der Waals surface area contributed by atoms with Gasteiger partial charge in [-0.1, -0.05) is 53.9 Å². The Hall–Kier alpha value is -1.29. The van der Waals surface area contributed by atoms with Crippen LogP contribution < -0.4 is 5.73 Å². The molecular weight excluding hydrogens is 326 g/mol. The second kappa shape index (κ2) is 5.84. The van der Waals surface area contributed by atoms with Crippen molar-refractivity contribution in [3.63, 3.8) is 0 Å². The van der Waals surface area contributed by atoms with E-state index in [1.165, 1.54) is 31.4 Å². The van der Waals surface area contributed by atoms with Gasteiger partial charge in [-0.25, -0.2) is 0 Å². The molecule has 1 aromatic heterocycles. The molecular formula is C17H22BrN3. The number of halogens is 1. The van der Waals surface area contributed by atoms with Crippen LogP contribution in [0.2, 0.25) is 0 Å². The highest BCUT2D eigenvalue weighted by Gasteiger charge is 2.27. The molecule has 1 heterocycles. The van der Waals surface area contributed by atoms with Gasteiger partial charge in [0.1, 0.15) is 5.82 Å². The molecule has 3 nitrogen and oxygen atoms in total. The Kier molecular flexibility index (Phi) is 4.07. The summed E-state index contributed by atoms with van der Waals surface area (Å²) < 4.78 is 2.90. The van der Waals surface area contributed by atoms with Gasteiger partial charge >= 0.3 is 0 Å². The normalized spacial score (nSPS) is 22.4. The van der Waals surface area contributed by atoms with Crippen LogP contribution in [0.5, 0.6) is 0 Å². The second-order valence-corrected chi connectivity index (χ2v) is 7.06. The number of nitrogen functional groups attached to an aromatic ring is 1. The maximum atomic E-state index is 6.32. The summed E-state index contributed by atoms with van der Waals surface area (Å²) in [7, 11) is 1.94. The van der Waals surface area contributed by atoms with Gasteiger partial charge in [-0.2, -0.15) is 5.10 Å². The van der Waals surface area contributed by atoms with Gasteiger partial charge in [0.25, 0.3) is 0 Å². The number of nitrogens with zero attached hydrogens (tertiary/aromatic N) is 2. The third kappa shape index (κ3) is 2.73. The van der Waals surface area contributed by atoms with E-state index in [1.54, 1.807) is 0 Å². The first kappa shape index (κ1) is 14.6. The molecule has 1 aromatic carbocycles. The lowest BCUT2D eigenvalue weighted by Crippen LogP contribution is -2.12. The molecule has 0 atom stereocenters. The van der Waals surface area contributed by atoms with Crippen LogP contribution in [0.3, 0.4) is 0 Å². The summed E-state index contributed by atoms with van der Waals surface area (Å²) >= 11 is 3.65. The molecule has 0 amide bonds. The molecule has 1 aliphatic carbocycles. The minimum Gasteiger partial charge on any atom is -0.383 e. The first-order valence-electron chi connectivity index (χ1n) is 7.65. The first-order valence-corrected chi connectivity index (χ1v) is 8.44. The summed E-state index contributed by atoms with van der Waals surface area (Å²) in [4.78, 5) is 0. The Balaban J connectivity index is 2.06. The van der Waals surface area contributed by atoms with Gasteiger partial charge in [-0.05, 0) is 24.8 Å². The van der Waals surface area contributed by atoms with Gasteiger partial charge in [0.15, 0.2) is 0 Å². The quantitative estimate of drug-likeness (QED) is 0.853. The van der Waals surface area contributed by atoms with Gasteiger partial charge in [0.05, 0.1) is 5.69 Å². The maximum absolute atomic E-state index is 6.32. The highest BCUT2D eigenvalue weighted by Crippen LogP contribution is 2.43. The molecule has 0 aliphatic heterocycles. The molecule has 1 aliphatic rings. The van der Waals surface area contributed by atoms with Crippen LogP contribution in [0.25, 0.3) is 11.1 Å². The molecule has 0 saturated heterocycles. The number of hydrogen-bond donors (Lipinski definition) is 1. The Morgan fingerprint density at radius 1 is 1.19 bits per heavy atom. The summed E-state index contributed by atoms with van der Waals surface area (Å²) in [6.07, 6.45) is 5.01. The molecule has 112 valence electrons. The molecule has 4 heteroatoms. The average molecular weight is 348 g/mol. The number of aromatic nitrogens is 2. The molecule has 1 saturated carbocycles. The Morgan fingerprint density at radius 2 is 1.86 bits per heavy atom. The van der Waals surface area contributed by atoms with Gasteiger partial charge in [0.2, 0.25) is 0 Å². The monoisotopic (exact) mass is 347 g/mol. The molecule has 0 unspecified atom stereocenters. The molecule has 0 spiro atoms. The number of benzene rings is 1. The zero-order chi connectivity index (χ0) is 15.0. The minimum atomic E-state index is 0.534. The summed E-state index contributed by atoms with van der Waals surface area (Å²) in [5.41, 5.74) is 9.76. The Bertz CT molecular complexity index is 639. The van der Waals surface area contributed by atoms with E-state index >= 15 is 0 Å². The lowest BCUT2D eigenvalue weighted by molar-refractivity contribution is 0.343. The van der Waals surface area contributed by atoms with Gasteiger partial charge in [-0.15, -0.1) is 0 Å². The third-order valence-electron chi connectivity index (χ3n) is 4.66. The molecule has 2 N–H and O–H groups in total. The minimum absolute atomic E-state index is 0.534. The van der Waals surface area contributed by atoms with Crippen molar-refractivity contribution in [2.45, 2.75) is 38.5 Å². The van der Waals surface area contributed by atoms with Crippen molar-refractivity contribution < 1.29 is 0 Å². The number of nitrogens with two attached hydrogens (primary N) is 1. The van der Waals surface area contributed by atoms with Crippen molar-refractivity contribution in [3.05, 3.63) is 34.4 Å². The summed E-state index contributed by atoms with van der Waals surface area (Å²) in [6, 6.07) is 8.27. The number of aryl methyl sites for hydroxylation is 1. The smallest absolute Gasteiger partial charge is 0.129 e. The maximum Gasteiger partial charge on any atom is 0.129 e. The van der Waals surface area contributed by atoms with E-state index in [0.717, 1.165) is 27.3 Å². The molecule has 0 radical (unpaired) electrons. The van der Waals surface area contributed by atoms with Crippen molar-refractivity contribution in [2.24, 2.45) is 13.0 Å². The summed E-state index contributed by atoms with van der Waals surface area (Å²) in [5, 5.41) is 4.75. The summed E-state index contributed by atoms with van der Waals surface area (Å²) in [6.45, 7) is 2.34. The molecule has 3 rings (SSSR count). The van der Waals surface area contributed by atoms with Crippen molar-refractivity contribution in [1.82, 2.24) is 9.78 Å². The predicted molar refractivity (Wildman–Crippen MR) is 91.1 cm³/mol. The van der Waals surface area contributed by atoms with Crippen LogP contribution in [0.1, 0.15) is 44.2 Å². The van der Waals surface area contributed by atoms with Crippen LogP contribution in [-0.2, 0) is 7.05 Å². The van der Waals surface area contributed by atoms with Crippen molar-refractivity contribution in [3.8, 4) is 11.1 Å². The Labute approximate surface area is 134 Å². The number of rotatable bonds is 2. The molecule has 2 aromatic rings. The largest absolute Gasteiger partial charge is 0.383 e. The topological polar surface area (TPSA) is 43.8 Å². The van der Waals surface area contributed by atoms with E-state index in [-0.39, 0.29) is 0 Å². The van der Waals surface area contributed by atoms with E-state index in [9.17, 15) is 0 Å². The van der Waals surface area contributed by atoms with E-state index in [2.05, 4.69) is 41.1 Å². The number of hydrogen-bond acceptors (Lipinski definition) is 2. The van der Waals surface area contributed by atoms with Crippen LogP contribution in [0.4, 0.5) is 5.82 Å².